The molecule has 26 heavy (non-hydrogen) atoms. The number of methoxy groups -OCH3 is 1. The summed E-state index contributed by atoms with van der Waals surface area (Å²) in [6.45, 7) is 3.48. The number of esters is 1. The Morgan fingerprint density at radius 3 is 2.58 bits per heavy atom. The molecule has 0 aliphatic carbocycles. The molecule has 0 fully saturated rings. The summed E-state index contributed by atoms with van der Waals surface area (Å²) in [6.07, 6.45) is 1.42. The van der Waals surface area contributed by atoms with Gasteiger partial charge in [0.25, 0.3) is 5.91 Å². The summed E-state index contributed by atoms with van der Waals surface area (Å²) in [5.41, 5.74) is 0.391. The van der Waals surface area contributed by atoms with Gasteiger partial charge in [0.2, 0.25) is 0 Å². The first kappa shape index (κ1) is 19.4. The van der Waals surface area contributed by atoms with Gasteiger partial charge in [-0.3, -0.25) is 9.59 Å². The molecule has 0 unspecified atom stereocenters. The summed E-state index contributed by atoms with van der Waals surface area (Å²) in [5.74, 6) is -0.692. The normalized spacial score (nSPS) is 12.9. The standard InChI is InChI=1S/C20H23NO5/c1-4-13(2)19(20(24)25-3)21-18(23)12-26-17-10-9-14-7-5-6-8-15(14)16(17)11-22/h5-11,13,19H,4,12H2,1-3H3,(H,21,23)/t13-,19+/m1/s1. The van der Waals surface area contributed by atoms with Gasteiger partial charge < -0.3 is 14.8 Å². The highest BCUT2D eigenvalue weighted by atomic mass is 16.5. The number of aldehydes is 1. The maximum absolute atomic E-state index is 12.2. The third kappa shape index (κ3) is 4.39. The monoisotopic (exact) mass is 357 g/mol. The van der Waals surface area contributed by atoms with Gasteiger partial charge in [-0.15, -0.1) is 0 Å². The van der Waals surface area contributed by atoms with Crippen LogP contribution in [0.2, 0.25) is 0 Å². The predicted octanol–water partition coefficient (Wildman–Crippen LogP) is 2.74. The van der Waals surface area contributed by atoms with Gasteiger partial charge in [-0.1, -0.05) is 50.6 Å². The van der Waals surface area contributed by atoms with Gasteiger partial charge in [0, 0.05) is 0 Å². The van der Waals surface area contributed by atoms with Crippen LogP contribution in [-0.2, 0) is 14.3 Å². The van der Waals surface area contributed by atoms with Crippen LogP contribution in [0.5, 0.6) is 5.75 Å². The van der Waals surface area contributed by atoms with Crippen LogP contribution in [0.3, 0.4) is 0 Å². The van der Waals surface area contributed by atoms with E-state index in [-0.39, 0.29) is 12.5 Å². The van der Waals surface area contributed by atoms with E-state index in [1.807, 2.05) is 44.2 Å². The van der Waals surface area contributed by atoms with E-state index in [0.717, 1.165) is 10.8 Å². The van der Waals surface area contributed by atoms with E-state index in [2.05, 4.69) is 5.32 Å². The molecule has 6 heteroatoms. The van der Waals surface area contributed by atoms with Crippen LogP contribution >= 0.6 is 0 Å². The topological polar surface area (TPSA) is 81.7 Å². The quantitative estimate of drug-likeness (QED) is 0.580. The number of fused-ring (bicyclic) bond motifs is 1. The minimum atomic E-state index is -0.733. The van der Waals surface area contributed by atoms with Gasteiger partial charge in [0.1, 0.15) is 11.8 Å². The molecule has 0 aromatic heterocycles. The number of rotatable bonds is 8. The van der Waals surface area contributed by atoms with Crippen LogP contribution in [0.15, 0.2) is 36.4 Å². The summed E-state index contributed by atoms with van der Waals surface area (Å²) in [4.78, 5) is 35.5. The molecule has 2 rings (SSSR count). The first-order valence-electron chi connectivity index (χ1n) is 8.48. The fourth-order valence-electron chi connectivity index (χ4n) is 2.68. The Bertz CT molecular complexity index is 802. The summed E-state index contributed by atoms with van der Waals surface area (Å²) in [5, 5.41) is 4.30. The Morgan fingerprint density at radius 2 is 1.92 bits per heavy atom. The molecular formula is C20H23NO5. The number of hydrogen-bond donors (Lipinski definition) is 1. The summed E-state index contributed by atoms with van der Waals surface area (Å²) >= 11 is 0. The van der Waals surface area contributed by atoms with E-state index >= 15 is 0 Å². The van der Waals surface area contributed by atoms with E-state index in [1.165, 1.54) is 7.11 Å². The zero-order valence-corrected chi connectivity index (χ0v) is 15.2. The molecule has 0 spiro atoms. The second-order valence-electron chi connectivity index (χ2n) is 6.06. The number of benzene rings is 2. The lowest BCUT2D eigenvalue weighted by Crippen LogP contribution is -2.47. The SMILES string of the molecule is CC[C@@H](C)[C@H](NC(=O)COc1ccc2ccccc2c1C=O)C(=O)OC. The molecule has 0 saturated carbocycles. The van der Waals surface area contributed by atoms with E-state index in [4.69, 9.17) is 9.47 Å². The first-order valence-corrected chi connectivity index (χ1v) is 8.48. The zero-order chi connectivity index (χ0) is 19.1. The molecule has 0 saturated heterocycles. The Labute approximate surface area is 152 Å². The minimum absolute atomic E-state index is 0.0717. The van der Waals surface area contributed by atoms with Crippen molar-refractivity contribution < 1.29 is 23.9 Å². The summed E-state index contributed by atoms with van der Waals surface area (Å²) in [7, 11) is 1.28. The number of carbonyl (C=O) groups is 3. The number of nitrogens with one attached hydrogen (secondary N) is 1. The lowest BCUT2D eigenvalue weighted by molar-refractivity contribution is -0.146. The van der Waals surface area contributed by atoms with Gasteiger partial charge in [-0.05, 0) is 22.8 Å². The molecule has 138 valence electrons. The highest BCUT2D eigenvalue weighted by Gasteiger charge is 2.26. The van der Waals surface area contributed by atoms with Crippen LogP contribution in [0.4, 0.5) is 0 Å². The van der Waals surface area contributed by atoms with Crippen molar-refractivity contribution in [2.75, 3.05) is 13.7 Å². The maximum Gasteiger partial charge on any atom is 0.328 e. The van der Waals surface area contributed by atoms with Gasteiger partial charge in [-0.25, -0.2) is 4.79 Å². The van der Waals surface area contributed by atoms with Gasteiger partial charge in [0.15, 0.2) is 12.9 Å². The molecule has 0 radical (unpaired) electrons. The van der Waals surface area contributed by atoms with Crippen LogP contribution in [0.1, 0.15) is 30.6 Å². The van der Waals surface area contributed by atoms with E-state index in [9.17, 15) is 14.4 Å². The fraction of sp³-hybridized carbons (Fsp3) is 0.350. The molecular weight excluding hydrogens is 334 g/mol. The largest absolute Gasteiger partial charge is 0.483 e. The molecule has 6 nitrogen and oxygen atoms in total. The Morgan fingerprint density at radius 1 is 1.19 bits per heavy atom. The lowest BCUT2D eigenvalue weighted by Gasteiger charge is -2.22. The van der Waals surface area contributed by atoms with Crippen molar-refractivity contribution in [3.8, 4) is 5.75 Å². The van der Waals surface area contributed by atoms with Crippen LogP contribution < -0.4 is 10.1 Å². The van der Waals surface area contributed by atoms with Crippen molar-refractivity contribution in [1.29, 1.82) is 0 Å². The van der Waals surface area contributed by atoms with Crippen molar-refractivity contribution in [2.45, 2.75) is 26.3 Å². The molecule has 0 bridgehead atoms. The number of amides is 1. The number of carbonyl (C=O) groups excluding carboxylic acids is 3. The van der Waals surface area contributed by atoms with Crippen molar-refractivity contribution in [3.63, 3.8) is 0 Å². The van der Waals surface area contributed by atoms with Crippen molar-refractivity contribution >= 4 is 28.9 Å². The van der Waals surface area contributed by atoms with Gasteiger partial charge in [0.05, 0.1) is 12.7 Å². The van der Waals surface area contributed by atoms with Crippen molar-refractivity contribution in [2.24, 2.45) is 5.92 Å². The maximum atomic E-state index is 12.2. The van der Waals surface area contributed by atoms with Crippen LogP contribution in [0, 0.1) is 5.92 Å². The molecule has 2 aromatic rings. The second-order valence-corrected chi connectivity index (χ2v) is 6.06. The molecule has 1 N–H and O–H groups in total. The minimum Gasteiger partial charge on any atom is -0.483 e. The predicted molar refractivity (Wildman–Crippen MR) is 98.2 cm³/mol. The molecule has 2 aromatic carbocycles. The lowest BCUT2D eigenvalue weighted by atomic mass is 9.99. The average Bonchev–Trinajstić information content (AvgIpc) is 2.68. The van der Waals surface area contributed by atoms with Crippen LogP contribution in [0.25, 0.3) is 10.8 Å². The fourth-order valence-corrected chi connectivity index (χ4v) is 2.68. The molecule has 1 amide bonds. The van der Waals surface area contributed by atoms with E-state index in [0.29, 0.717) is 24.0 Å². The summed E-state index contributed by atoms with van der Waals surface area (Å²) < 4.78 is 10.3. The van der Waals surface area contributed by atoms with Crippen molar-refractivity contribution in [3.05, 3.63) is 42.0 Å². The van der Waals surface area contributed by atoms with E-state index in [1.54, 1.807) is 6.07 Å². The Balaban J connectivity index is 2.10. The van der Waals surface area contributed by atoms with Crippen molar-refractivity contribution in [1.82, 2.24) is 5.32 Å². The first-order chi connectivity index (χ1) is 12.5. The van der Waals surface area contributed by atoms with Gasteiger partial charge in [-0.2, -0.15) is 0 Å². The highest BCUT2D eigenvalue weighted by molar-refractivity contribution is 6.00. The van der Waals surface area contributed by atoms with E-state index < -0.39 is 17.9 Å². The average molecular weight is 357 g/mol. The Kier molecular flexibility index (Phi) is 6.72. The molecule has 2 atom stereocenters. The number of hydrogen-bond acceptors (Lipinski definition) is 5. The number of ether oxygens (including phenoxy) is 2. The molecule has 0 aliphatic rings. The smallest absolute Gasteiger partial charge is 0.328 e. The highest BCUT2D eigenvalue weighted by Crippen LogP contribution is 2.26. The third-order valence-electron chi connectivity index (χ3n) is 4.39. The Hall–Kier alpha value is -2.89. The molecule has 0 aliphatic heterocycles. The molecule has 0 heterocycles. The van der Waals surface area contributed by atoms with Gasteiger partial charge >= 0.3 is 5.97 Å². The zero-order valence-electron chi connectivity index (χ0n) is 15.2. The third-order valence-corrected chi connectivity index (χ3v) is 4.39. The summed E-state index contributed by atoms with van der Waals surface area (Å²) in [6, 6.07) is 10.2. The van der Waals surface area contributed by atoms with Crippen LogP contribution in [-0.4, -0.2) is 37.9 Å². The second kappa shape index (κ2) is 8.99.